The van der Waals surface area contributed by atoms with Gasteiger partial charge in [-0.3, -0.25) is 0 Å². The van der Waals surface area contributed by atoms with Gasteiger partial charge < -0.3 is 0 Å². The molecule has 0 nitrogen and oxygen atoms in total. The first-order chi connectivity index (χ1) is 8.31. The van der Waals surface area contributed by atoms with E-state index in [0.29, 0.717) is 0 Å². The van der Waals surface area contributed by atoms with E-state index in [1.54, 1.807) is 0 Å². The fourth-order valence-electron chi connectivity index (χ4n) is 2.85. The number of rotatable bonds is 1. The summed E-state index contributed by atoms with van der Waals surface area (Å²) in [6, 6.07) is 11.1. The van der Waals surface area contributed by atoms with E-state index in [-0.39, 0.29) is 0 Å². The van der Waals surface area contributed by atoms with Gasteiger partial charge in [-0.25, -0.2) is 0 Å². The molecule has 0 radical (unpaired) electrons. The van der Waals surface area contributed by atoms with Gasteiger partial charge in [-0.1, -0.05) is 54.6 Å². The highest BCUT2D eigenvalue weighted by molar-refractivity contribution is 5.89. The maximum absolute atomic E-state index is 3.81. The number of aryl methyl sites for hydroxylation is 1. The van der Waals surface area contributed by atoms with Crippen molar-refractivity contribution in [3.8, 4) is 0 Å². The van der Waals surface area contributed by atoms with Gasteiger partial charge in [-0.15, -0.1) is 0 Å². The fourth-order valence-corrected chi connectivity index (χ4v) is 2.85. The molecular weight excluding hydrogens is 204 g/mol. The van der Waals surface area contributed by atoms with Crippen LogP contribution in [0.5, 0.6) is 0 Å². The van der Waals surface area contributed by atoms with E-state index in [0.717, 1.165) is 0 Å². The molecule has 1 aliphatic carbocycles. The summed E-state index contributed by atoms with van der Waals surface area (Å²) in [5.41, 5.74) is 2.99. The number of hydrogen-bond acceptors (Lipinski definition) is 0. The van der Waals surface area contributed by atoms with Crippen molar-refractivity contribution in [3.63, 3.8) is 0 Å². The van der Waals surface area contributed by atoms with Crippen LogP contribution in [0.2, 0.25) is 0 Å². The lowest BCUT2D eigenvalue weighted by Gasteiger charge is -2.15. The fraction of sp³-hybridized carbons (Fsp3) is 0.176. The normalized spacial score (nSPS) is 15.4. The summed E-state index contributed by atoms with van der Waals surface area (Å²) in [4.78, 5) is 0. The van der Waals surface area contributed by atoms with Gasteiger partial charge in [0.05, 0.1) is 0 Å². The van der Waals surface area contributed by atoms with Crippen LogP contribution < -0.4 is 10.4 Å². The van der Waals surface area contributed by atoms with E-state index in [2.05, 4.69) is 49.9 Å². The van der Waals surface area contributed by atoms with Crippen molar-refractivity contribution in [3.05, 3.63) is 59.0 Å². The topological polar surface area (TPSA) is 0 Å². The quantitative estimate of drug-likeness (QED) is 0.693. The van der Waals surface area contributed by atoms with Crippen LogP contribution in [0, 0.1) is 0 Å². The highest BCUT2D eigenvalue weighted by Crippen LogP contribution is 2.21. The largest absolute Gasteiger partial charge is 0.0990 e. The van der Waals surface area contributed by atoms with Crippen molar-refractivity contribution >= 4 is 22.4 Å². The van der Waals surface area contributed by atoms with Crippen molar-refractivity contribution in [2.75, 3.05) is 0 Å². The molecule has 0 heterocycles. The molecule has 0 heteroatoms. The molecule has 84 valence electrons. The molecule has 0 aromatic heterocycles. The van der Waals surface area contributed by atoms with Crippen LogP contribution in [0.25, 0.3) is 22.4 Å². The molecule has 0 bridgehead atoms. The molecule has 0 amide bonds. The number of hydrogen-bond donors (Lipinski definition) is 0. The molecule has 0 unspecified atom stereocenters. The van der Waals surface area contributed by atoms with Gasteiger partial charge in [-0.2, -0.15) is 0 Å². The lowest BCUT2D eigenvalue weighted by Crippen LogP contribution is -2.30. The summed E-state index contributed by atoms with van der Waals surface area (Å²) in [5.74, 6) is 0. The standard InChI is InChI=1S/C17H16/c1-3-5-13-10-11-15-7-4-6-14-9-8-12(2)16(13)17(14)15/h3-7,10-11H,1,8-9H2,2H3/b13-5-. The average molecular weight is 220 g/mol. The second kappa shape index (κ2) is 3.89. The Morgan fingerprint density at radius 2 is 2.00 bits per heavy atom. The van der Waals surface area contributed by atoms with Gasteiger partial charge in [0.1, 0.15) is 0 Å². The Labute approximate surface area is 102 Å². The highest BCUT2D eigenvalue weighted by atomic mass is 14.1. The molecule has 0 N–H and O–H groups in total. The zero-order valence-corrected chi connectivity index (χ0v) is 10.2. The van der Waals surface area contributed by atoms with Gasteiger partial charge in [0.2, 0.25) is 0 Å². The van der Waals surface area contributed by atoms with Gasteiger partial charge in [0, 0.05) is 0 Å². The summed E-state index contributed by atoms with van der Waals surface area (Å²) < 4.78 is 0. The molecule has 0 saturated carbocycles. The SMILES string of the molecule is C=C/C=c1/ccc2cccc3c2c1=C(C)CC3. The van der Waals surface area contributed by atoms with Gasteiger partial charge in [0.25, 0.3) is 0 Å². The molecule has 17 heavy (non-hydrogen) atoms. The summed E-state index contributed by atoms with van der Waals surface area (Å²) in [7, 11) is 0. The van der Waals surface area contributed by atoms with E-state index in [1.807, 2.05) is 6.08 Å². The molecule has 0 saturated heterocycles. The average Bonchev–Trinajstić information content (AvgIpc) is 2.35. The van der Waals surface area contributed by atoms with Gasteiger partial charge >= 0.3 is 0 Å². The molecule has 3 rings (SSSR count). The van der Waals surface area contributed by atoms with E-state index >= 15 is 0 Å². The van der Waals surface area contributed by atoms with Gasteiger partial charge in [-0.05, 0) is 46.5 Å². The van der Waals surface area contributed by atoms with Crippen molar-refractivity contribution in [1.82, 2.24) is 0 Å². The smallest absolute Gasteiger partial charge is 0.00738 e. The predicted molar refractivity (Wildman–Crippen MR) is 75.3 cm³/mol. The van der Waals surface area contributed by atoms with Crippen molar-refractivity contribution in [2.24, 2.45) is 0 Å². The molecule has 0 fully saturated rings. The third-order valence-corrected chi connectivity index (χ3v) is 3.66. The highest BCUT2D eigenvalue weighted by Gasteiger charge is 2.10. The van der Waals surface area contributed by atoms with Crippen LogP contribution in [0.3, 0.4) is 0 Å². The van der Waals surface area contributed by atoms with Crippen LogP contribution in [0.4, 0.5) is 0 Å². The van der Waals surface area contributed by atoms with Crippen molar-refractivity contribution < 1.29 is 0 Å². The maximum atomic E-state index is 3.81. The molecular formula is C17H16. The summed E-state index contributed by atoms with van der Waals surface area (Å²) in [6.45, 7) is 6.07. The van der Waals surface area contributed by atoms with E-state index in [4.69, 9.17) is 0 Å². The van der Waals surface area contributed by atoms with Crippen LogP contribution >= 0.6 is 0 Å². The van der Waals surface area contributed by atoms with E-state index in [1.165, 1.54) is 45.2 Å². The number of allylic oxidation sites excluding steroid dienone is 1. The summed E-state index contributed by atoms with van der Waals surface area (Å²) in [6.07, 6.45) is 6.34. The predicted octanol–water partition coefficient (Wildman–Crippen LogP) is 2.92. The first-order valence-electron chi connectivity index (χ1n) is 6.14. The molecule has 0 aliphatic heterocycles. The minimum Gasteiger partial charge on any atom is -0.0990 e. The Morgan fingerprint density at radius 3 is 2.82 bits per heavy atom. The summed E-state index contributed by atoms with van der Waals surface area (Å²) >= 11 is 0. The van der Waals surface area contributed by atoms with Crippen LogP contribution in [-0.2, 0) is 6.42 Å². The second-order valence-corrected chi connectivity index (χ2v) is 4.73. The lowest BCUT2D eigenvalue weighted by molar-refractivity contribution is 0.996. The molecule has 0 atom stereocenters. The minimum atomic E-state index is 1.17. The zero-order chi connectivity index (χ0) is 11.8. The van der Waals surface area contributed by atoms with Crippen LogP contribution in [-0.4, -0.2) is 0 Å². The Morgan fingerprint density at radius 1 is 1.12 bits per heavy atom. The Hall–Kier alpha value is -1.82. The number of benzene rings is 2. The van der Waals surface area contributed by atoms with Crippen molar-refractivity contribution in [2.45, 2.75) is 19.8 Å². The van der Waals surface area contributed by atoms with E-state index in [9.17, 15) is 0 Å². The van der Waals surface area contributed by atoms with E-state index < -0.39 is 0 Å². The molecule has 2 aromatic carbocycles. The molecule has 0 spiro atoms. The van der Waals surface area contributed by atoms with Crippen LogP contribution in [0.15, 0.2) is 43.0 Å². The first-order valence-corrected chi connectivity index (χ1v) is 6.14. The Balaban J connectivity index is 2.65. The second-order valence-electron chi connectivity index (χ2n) is 4.73. The minimum absolute atomic E-state index is 1.17. The first kappa shape index (κ1) is 10.3. The monoisotopic (exact) mass is 220 g/mol. The zero-order valence-electron chi connectivity index (χ0n) is 10.2. The van der Waals surface area contributed by atoms with Gasteiger partial charge in [0.15, 0.2) is 0 Å². The van der Waals surface area contributed by atoms with Crippen molar-refractivity contribution in [1.29, 1.82) is 0 Å². The summed E-state index contributed by atoms with van der Waals surface area (Å²) in [5, 5.41) is 5.55. The third kappa shape index (κ3) is 1.52. The Bertz CT molecular complexity index is 718. The molecule has 2 aromatic rings. The molecule has 1 aliphatic rings. The van der Waals surface area contributed by atoms with Crippen LogP contribution in [0.1, 0.15) is 18.9 Å². The maximum Gasteiger partial charge on any atom is -0.00738 e. The third-order valence-electron chi connectivity index (χ3n) is 3.66. The lowest BCUT2D eigenvalue weighted by atomic mass is 9.89. The Kier molecular flexibility index (Phi) is 2.36.